The third-order valence-corrected chi connectivity index (χ3v) is 9.65. The number of aliphatic hydroxyl groups excluding tert-OH is 1. The van der Waals surface area contributed by atoms with Gasteiger partial charge in [-0.1, -0.05) is 6.92 Å². The molecule has 5 fully saturated rings. The Labute approximate surface area is 151 Å². The molecule has 0 heterocycles. The van der Waals surface area contributed by atoms with E-state index in [9.17, 15) is 9.90 Å². The summed E-state index contributed by atoms with van der Waals surface area (Å²) in [5.74, 6) is 4.73. The second kappa shape index (κ2) is 5.47. The van der Waals surface area contributed by atoms with Crippen molar-refractivity contribution in [2.45, 2.75) is 77.7 Å². The van der Waals surface area contributed by atoms with Crippen molar-refractivity contribution < 1.29 is 14.6 Å². The van der Waals surface area contributed by atoms with Gasteiger partial charge < -0.3 is 9.84 Å². The molecule has 0 aromatic heterocycles. The standard InChI is InChI=1S/C22H34O3/c1-13(24)25-20-6-5-18-17-4-3-16-10-14-9-15(14)11-22(16,12-23)19(17)7-8-21(18,20)2/h14-20,23H,3-12H2,1-2H3/t14-,15+,16+,17+,18+,19+,20+,21+,22-/m1/s1. The molecule has 5 rings (SSSR count). The number of hydrogen-bond donors (Lipinski definition) is 1. The normalized spacial score (nSPS) is 56.2. The molecule has 3 heteroatoms. The summed E-state index contributed by atoms with van der Waals surface area (Å²) in [6.45, 7) is 4.37. The molecule has 0 radical (unpaired) electrons. The van der Waals surface area contributed by atoms with Gasteiger partial charge in [0.25, 0.3) is 0 Å². The van der Waals surface area contributed by atoms with Gasteiger partial charge in [-0.15, -0.1) is 0 Å². The molecule has 0 amide bonds. The summed E-state index contributed by atoms with van der Waals surface area (Å²) in [5, 5.41) is 10.6. The number of ether oxygens (including phenoxy) is 1. The van der Waals surface area contributed by atoms with Crippen LogP contribution in [0.1, 0.15) is 71.6 Å². The van der Waals surface area contributed by atoms with Gasteiger partial charge in [-0.05, 0) is 98.7 Å². The molecule has 0 aliphatic heterocycles. The van der Waals surface area contributed by atoms with Gasteiger partial charge in [0.2, 0.25) is 0 Å². The molecule has 5 aliphatic rings. The molecule has 0 unspecified atom stereocenters. The van der Waals surface area contributed by atoms with Gasteiger partial charge in [0.1, 0.15) is 6.10 Å². The number of carbonyl (C=O) groups is 1. The molecule has 0 spiro atoms. The molecule has 140 valence electrons. The molecule has 1 N–H and O–H groups in total. The van der Waals surface area contributed by atoms with Crippen LogP contribution in [0.25, 0.3) is 0 Å². The van der Waals surface area contributed by atoms with Gasteiger partial charge in [-0.3, -0.25) is 4.79 Å². The van der Waals surface area contributed by atoms with Crippen LogP contribution in [0.15, 0.2) is 0 Å². The zero-order chi connectivity index (χ0) is 17.4. The average molecular weight is 347 g/mol. The van der Waals surface area contributed by atoms with Gasteiger partial charge in [-0.25, -0.2) is 0 Å². The van der Waals surface area contributed by atoms with Gasteiger partial charge in [-0.2, -0.15) is 0 Å². The highest BCUT2D eigenvalue weighted by Gasteiger charge is 2.64. The highest BCUT2D eigenvalue weighted by Crippen LogP contribution is 2.70. The third-order valence-electron chi connectivity index (χ3n) is 9.65. The largest absolute Gasteiger partial charge is 0.462 e. The quantitative estimate of drug-likeness (QED) is 0.763. The minimum atomic E-state index is -0.114. The molecule has 5 aliphatic carbocycles. The van der Waals surface area contributed by atoms with Crippen LogP contribution in [-0.4, -0.2) is 23.8 Å². The van der Waals surface area contributed by atoms with Gasteiger partial charge in [0.15, 0.2) is 0 Å². The summed E-state index contributed by atoms with van der Waals surface area (Å²) < 4.78 is 5.76. The lowest BCUT2D eigenvalue weighted by Gasteiger charge is -2.60. The monoisotopic (exact) mass is 346 g/mol. The summed E-state index contributed by atoms with van der Waals surface area (Å²) in [4.78, 5) is 11.6. The van der Waals surface area contributed by atoms with Gasteiger partial charge >= 0.3 is 5.97 Å². The number of esters is 1. The van der Waals surface area contributed by atoms with Crippen molar-refractivity contribution in [3.05, 3.63) is 0 Å². The van der Waals surface area contributed by atoms with Crippen molar-refractivity contribution in [1.29, 1.82) is 0 Å². The first-order valence-corrected chi connectivity index (χ1v) is 10.8. The molecular formula is C22H34O3. The molecule has 3 nitrogen and oxygen atoms in total. The van der Waals surface area contributed by atoms with E-state index >= 15 is 0 Å². The lowest BCUT2D eigenvalue weighted by Crippen LogP contribution is -2.56. The first kappa shape index (κ1) is 16.6. The molecule has 0 aromatic carbocycles. The smallest absolute Gasteiger partial charge is 0.302 e. The van der Waals surface area contributed by atoms with Crippen molar-refractivity contribution >= 4 is 5.97 Å². The van der Waals surface area contributed by atoms with E-state index in [-0.39, 0.29) is 22.9 Å². The van der Waals surface area contributed by atoms with Crippen LogP contribution in [0.3, 0.4) is 0 Å². The van der Waals surface area contributed by atoms with Crippen molar-refractivity contribution in [3.8, 4) is 0 Å². The van der Waals surface area contributed by atoms with Crippen LogP contribution in [0.5, 0.6) is 0 Å². The van der Waals surface area contributed by atoms with Gasteiger partial charge in [0.05, 0.1) is 0 Å². The van der Waals surface area contributed by atoms with Crippen LogP contribution >= 0.6 is 0 Å². The fraction of sp³-hybridized carbons (Fsp3) is 0.955. The number of hydrogen-bond acceptors (Lipinski definition) is 3. The number of fused-ring (bicyclic) bond motifs is 6. The SMILES string of the molecule is CC(=O)O[C@H]1CC[C@H]2[C@@H]3CC[C@H]4C[C@H]5C[C@H]5C[C@]4(CO)[C@H]3CC[C@]12C. The van der Waals surface area contributed by atoms with E-state index < -0.39 is 0 Å². The average Bonchev–Trinajstić information content (AvgIpc) is 3.26. The third kappa shape index (κ3) is 2.23. The summed E-state index contributed by atoms with van der Waals surface area (Å²) in [7, 11) is 0. The predicted molar refractivity (Wildman–Crippen MR) is 95.7 cm³/mol. The minimum absolute atomic E-state index is 0.114. The van der Waals surface area contributed by atoms with Crippen LogP contribution in [-0.2, 0) is 9.53 Å². The lowest BCUT2D eigenvalue weighted by molar-refractivity contribution is -0.167. The van der Waals surface area contributed by atoms with Crippen LogP contribution in [0.4, 0.5) is 0 Å². The Morgan fingerprint density at radius 3 is 2.68 bits per heavy atom. The first-order chi connectivity index (χ1) is 12.0. The summed E-state index contributed by atoms with van der Waals surface area (Å²) in [6.07, 6.45) is 11.6. The molecule has 0 bridgehead atoms. The van der Waals surface area contributed by atoms with Crippen LogP contribution < -0.4 is 0 Å². The lowest BCUT2D eigenvalue weighted by atomic mass is 9.45. The maximum absolute atomic E-state index is 11.6. The van der Waals surface area contributed by atoms with E-state index in [4.69, 9.17) is 4.74 Å². The minimum Gasteiger partial charge on any atom is -0.462 e. The highest BCUT2D eigenvalue weighted by atomic mass is 16.5. The molecule has 9 atom stereocenters. The van der Waals surface area contributed by atoms with Crippen LogP contribution in [0, 0.1) is 46.3 Å². The molecule has 0 aromatic rings. The van der Waals surface area contributed by atoms with Crippen molar-refractivity contribution in [2.75, 3.05) is 6.61 Å². The van der Waals surface area contributed by atoms with Crippen molar-refractivity contribution in [2.24, 2.45) is 46.3 Å². The summed E-state index contributed by atoms with van der Waals surface area (Å²) >= 11 is 0. The zero-order valence-corrected chi connectivity index (χ0v) is 15.9. The predicted octanol–water partition coefficient (Wildman–Crippen LogP) is 4.18. The maximum atomic E-state index is 11.6. The number of carbonyl (C=O) groups excluding carboxylic acids is 1. The van der Waals surface area contributed by atoms with Gasteiger partial charge in [0, 0.05) is 18.9 Å². The topological polar surface area (TPSA) is 46.5 Å². The van der Waals surface area contributed by atoms with Crippen molar-refractivity contribution in [3.63, 3.8) is 0 Å². The van der Waals surface area contributed by atoms with E-state index in [1.807, 2.05) is 0 Å². The Kier molecular flexibility index (Phi) is 3.63. The van der Waals surface area contributed by atoms with E-state index in [0.717, 1.165) is 30.1 Å². The van der Waals surface area contributed by atoms with Crippen molar-refractivity contribution in [1.82, 2.24) is 0 Å². The fourth-order valence-electron chi connectivity index (χ4n) is 8.42. The Hall–Kier alpha value is -0.570. The summed E-state index contributed by atoms with van der Waals surface area (Å²) in [5.41, 5.74) is 0.397. The Bertz CT molecular complexity index is 574. The van der Waals surface area contributed by atoms with E-state index in [2.05, 4.69) is 6.92 Å². The van der Waals surface area contributed by atoms with Crippen LogP contribution in [0.2, 0.25) is 0 Å². The molecule has 25 heavy (non-hydrogen) atoms. The second-order valence-electron chi connectivity index (χ2n) is 10.5. The maximum Gasteiger partial charge on any atom is 0.302 e. The fourth-order valence-corrected chi connectivity index (χ4v) is 8.42. The number of aliphatic hydroxyl groups is 1. The second-order valence-corrected chi connectivity index (χ2v) is 10.5. The summed E-state index contributed by atoms with van der Waals surface area (Å²) in [6, 6.07) is 0. The molecule has 5 saturated carbocycles. The van der Waals surface area contributed by atoms with E-state index in [1.165, 1.54) is 51.4 Å². The number of rotatable bonds is 2. The van der Waals surface area contributed by atoms with E-state index in [0.29, 0.717) is 18.4 Å². The van der Waals surface area contributed by atoms with E-state index in [1.54, 1.807) is 6.92 Å². The highest BCUT2D eigenvalue weighted by molar-refractivity contribution is 5.66. The molecule has 0 saturated heterocycles. The first-order valence-electron chi connectivity index (χ1n) is 10.8. The zero-order valence-electron chi connectivity index (χ0n) is 15.9. The Morgan fingerprint density at radius 1 is 1.08 bits per heavy atom. The molecular weight excluding hydrogens is 312 g/mol. The Morgan fingerprint density at radius 2 is 1.92 bits per heavy atom. The Balaban J connectivity index is 1.43.